The molecule has 1 aliphatic rings. The maximum Gasteiger partial charge on any atom is 0.245 e. The van der Waals surface area contributed by atoms with Gasteiger partial charge in [-0.15, -0.1) is 0 Å². The Morgan fingerprint density at radius 1 is 1.20 bits per heavy atom. The summed E-state index contributed by atoms with van der Waals surface area (Å²) in [6.07, 6.45) is 1.63. The zero-order valence-electron chi connectivity index (χ0n) is 13.6. The van der Waals surface area contributed by atoms with Gasteiger partial charge >= 0.3 is 0 Å². The number of likely N-dealkylation sites (tertiary alicyclic amines) is 1. The van der Waals surface area contributed by atoms with Gasteiger partial charge in [0.25, 0.3) is 0 Å². The molecule has 2 aromatic carbocycles. The molecule has 1 N–H and O–H groups in total. The monoisotopic (exact) mass is 339 g/mol. The van der Waals surface area contributed by atoms with Crippen molar-refractivity contribution in [3.63, 3.8) is 0 Å². The molecule has 0 radical (unpaired) electrons. The van der Waals surface area contributed by atoms with Gasteiger partial charge in [-0.25, -0.2) is 9.82 Å². The quantitative estimate of drug-likeness (QED) is 0.671. The smallest absolute Gasteiger partial charge is 0.245 e. The third-order valence-electron chi connectivity index (χ3n) is 4.06. The number of hydrogen-bond donors (Lipinski definition) is 1. The molecular formula is C19H18FN3O2. The van der Waals surface area contributed by atoms with Crippen LogP contribution in [0.3, 0.4) is 0 Å². The van der Waals surface area contributed by atoms with Gasteiger partial charge in [-0.1, -0.05) is 42.5 Å². The molecule has 1 atom stereocenters. The molecule has 1 saturated heterocycles. The normalized spacial score (nSPS) is 17.2. The largest absolute Gasteiger partial charge is 0.338 e. The number of rotatable bonds is 5. The Hall–Kier alpha value is -3.02. The third-order valence-corrected chi connectivity index (χ3v) is 4.06. The van der Waals surface area contributed by atoms with E-state index < -0.39 is 5.92 Å². The molecule has 25 heavy (non-hydrogen) atoms. The van der Waals surface area contributed by atoms with Crippen molar-refractivity contribution in [2.24, 2.45) is 11.0 Å². The number of hydrogen-bond acceptors (Lipinski definition) is 3. The average molecular weight is 339 g/mol. The van der Waals surface area contributed by atoms with Gasteiger partial charge < -0.3 is 4.90 Å². The Morgan fingerprint density at radius 3 is 2.64 bits per heavy atom. The van der Waals surface area contributed by atoms with E-state index in [1.165, 1.54) is 18.3 Å². The van der Waals surface area contributed by atoms with Gasteiger partial charge in [0.15, 0.2) is 0 Å². The van der Waals surface area contributed by atoms with Crippen molar-refractivity contribution in [3.8, 4) is 0 Å². The molecule has 0 saturated carbocycles. The number of benzene rings is 2. The van der Waals surface area contributed by atoms with Crippen LogP contribution in [0.15, 0.2) is 59.7 Å². The van der Waals surface area contributed by atoms with E-state index in [0.29, 0.717) is 18.7 Å². The Kier molecular flexibility index (Phi) is 5.18. The molecule has 0 spiro atoms. The topological polar surface area (TPSA) is 61.8 Å². The average Bonchev–Trinajstić information content (AvgIpc) is 2.98. The first-order chi connectivity index (χ1) is 12.1. The van der Waals surface area contributed by atoms with Crippen molar-refractivity contribution in [1.82, 2.24) is 10.3 Å². The standard InChI is InChI=1S/C19H18FN3O2/c20-17-8-6-14(7-9-17)11-21-22-19(25)16-10-18(24)23(13-16)12-15-4-2-1-3-5-15/h1-9,11,16H,10,12-13H2,(H,22,25)/b21-11+. The SMILES string of the molecule is O=C(N/N=C/c1ccc(F)cc1)C1CC(=O)N(Cc2ccccc2)C1. The van der Waals surface area contributed by atoms with Gasteiger partial charge in [0.05, 0.1) is 12.1 Å². The first-order valence-electron chi connectivity index (χ1n) is 8.02. The summed E-state index contributed by atoms with van der Waals surface area (Å²) >= 11 is 0. The highest BCUT2D eigenvalue weighted by molar-refractivity contribution is 5.90. The van der Waals surface area contributed by atoms with Crippen molar-refractivity contribution < 1.29 is 14.0 Å². The molecular weight excluding hydrogens is 321 g/mol. The first kappa shape index (κ1) is 16.8. The lowest BCUT2D eigenvalue weighted by atomic mass is 10.1. The Balaban J connectivity index is 1.53. The molecule has 1 aliphatic heterocycles. The van der Waals surface area contributed by atoms with E-state index in [2.05, 4.69) is 10.5 Å². The van der Waals surface area contributed by atoms with Crippen LogP contribution in [0.1, 0.15) is 17.5 Å². The van der Waals surface area contributed by atoms with E-state index in [9.17, 15) is 14.0 Å². The number of nitrogens with one attached hydrogen (secondary N) is 1. The molecule has 128 valence electrons. The van der Waals surface area contributed by atoms with Crippen molar-refractivity contribution in [2.75, 3.05) is 6.54 Å². The first-order valence-corrected chi connectivity index (χ1v) is 8.02. The molecule has 0 aromatic heterocycles. The Labute approximate surface area is 145 Å². The lowest BCUT2D eigenvalue weighted by Gasteiger charge is -2.16. The minimum absolute atomic E-state index is 0.0356. The number of carbonyl (C=O) groups excluding carboxylic acids is 2. The molecule has 6 heteroatoms. The van der Waals surface area contributed by atoms with E-state index in [1.807, 2.05) is 30.3 Å². The number of nitrogens with zero attached hydrogens (tertiary/aromatic N) is 2. The van der Waals surface area contributed by atoms with Gasteiger partial charge in [-0.05, 0) is 23.3 Å². The van der Waals surface area contributed by atoms with Crippen molar-refractivity contribution in [1.29, 1.82) is 0 Å². The van der Waals surface area contributed by atoms with E-state index in [-0.39, 0.29) is 24.1 Å². The maximum atomic E-state index is 12.8. The highest BCUT2D eigenvalue weighted by Crippen LogP contribution is 2.20. The van der Waals surface area contributed by atoms with Crippen LogP contribution in [-0.2, 0) is 16.1 Å². The van der Waals surface area contributed by atoms with Crippen LogP contribution in [0.5, 0.6) is 0 Å². The predicted octanol–water partition coefficient (Wildman–Crippen LogP) is 2.32. The van der Waals surface area contributed by atoms with Crippen LogP contribution in [0.4, 0.5) is 4.39 Å². The molecule has 1 unspecified atom stereocenters. The minimum atomic E-state index is -0.415. The van der Waals surface area contributed by atoms with Crippen LogP contribution in [0.2, 0.25) is 0 Å². The Bertz CT molecular complexity index is 775. The van der Waals surface area contributed by atoms with E-state index in [0.717, 1.165) is 5.56 Å². The Morgan fingerprint density at radius 2 is 1.92 bits per heavy atom. The molecule has 0 aliphatic carbocycles. The lowest BCUT2D eigenvalue weighted by Crippen LogP contribution is -2.30. The van der Waals surface area contributed by atoms with Gasteiger partial charge in [0.1, 0.15) is 5.82 Å². The third kappa shape index (κ3) is 4.50. The molecule has 0 bridgehead atoms. The van der Waals surface area contributed by atoms with Crippen molar-refractivity contribution in [3.05, 3.63) is 71.5 Å². The zero-order chi connectivity index (χ0) is 17.6. The summed E-state index contributed by atoms with van der Waals surface area (Å²) in [5, 5.41) is 3.87. The van der Waals surface area contributed by atoms with Crippen LogP contribution >= 0.6 is 0 Å². The predicted molar refractivity (Wildman–Crippen MR) is 92.1 cm³/mol. The molecule has 1 fully saturated rings. The van der Waals surface area contributed by atoms with E-state index in [1.54, 1.807) is 17.0 Å². The van der Waals surface area contributed by atoms with Crippen LogP contribution in [0, 0.1) is 11.7 Å². The van der Waals surface area contributed by atoms with Crippen LogP contribution in [-0.4, -0.2) is 29.5 Å². The molecule has 1 heterocycles. The van der Waals surface area contributed by atoms with Gasteiger partial charge in [0, 0.05) is 19.5 Å². The summed E-state index contributed by atoms with van der Waals surface area (Å²) in [5.74, 6) is -1.07. The van der Waals surface area contributed by atoms with Gasteiger partial charge in [0.2, 0.25) is 11.8 Å². The fourth-order valence-corrected chi connectivity index (χ4v) is 2.71. The summed E-state index contributed by atoms with van der Waals surface area (Å²) in [6.45, 7) is 0.883. The van der Waals surface area contributed by atoms with Crippen molar-refractivity contribution in [2.45, 2.75) is 13.0 Å². The molecule has 2 amide bonds. The maximum absolute atomic E-state index is 12.8. The van der Waals surface area contributed by atoms with Gasteiger partial charge in [-0.2, -0.15) is 5.10 Å². The van der Waals surface area contributed by atoms with Crippen LogP contribution in [0.25, 0.3) is 0 Å². The highest BCUT2D eigenvalue weighted by Gasteiger charge is 2.34. The fraction of sp³-hybridized carbons (Fsp3) is 0.211. The highest BCUT2D eigenvalue weighted by atomic mass is 19.1. The second kappa shape index (κ2) is 7.70. The van der Waals surface area contributed by atoms with Crippen molar-refractivity contribution >= 4 is 18.0 Å². The molecule has 5 nitrogen and oxygen atoms in total. The second-order valence-electron chi connectivity index (χ2n) is 5.95. The second-order valence-corrected chi connectivity index (χ2v) is 5.95. The minimum Gasteiger partial charge on any atom is -0.338 e. The van der Waals surface area contributed by atoms with Crippen LogP contribution < -0.4 is 5.43 Å². The van der Waals surface area contributed by atoms with E-state index in [4.69, 9.17) is 0 Å². The fourth-order valence-electron chi connectivity index (χ4n) is 2.71. The number of amides is 2. The summed E-state index contributed by atoms with van der Waals surface area (Å²) in [5.41, 5.74) is 4.16. The zero-order valence-corrected chi connectivity index (χ0v) is 13.6. The lowest BCUT2D eigenvalue weighted by molar-refractivity contribution is -0.129. The number of carbonyl (C=O) groups is 2. The molecule has 2 aromatic rings. The van der Waals surface area contributed by atoms with E-state index >= 15 is 0 Å². The number of hydrazone groups is 1. The molecule has 3 rings (SSSR count). The summed E-state index contributed by atoms with van der Waals surface area (Å²) < 4.78 is 12.8. The number of halogens is 1. The summed E-state index contributed by atoms with van der Waals surface area (Å²) in [6, 6.07) is 15.4. The van der Waals surface area contributed by atoms with Gasteiger partial charge in [-0.3, -0.25) is 9.59 Å². The summed E-state index contributed by atoms with van der Waals surface area (Å²) in [7, 11) is 0. The summed E-state index contributed by atoms with van der Waals surface area (Å²) in [4.78, 5) is 25.9.